The number of halogens is 2. The van der Waals surface area contributed by atoms with Gasteiger partial charge < -0.3 is 0 Å². The van der Waals surface area contributed by atoms with Crippen LogP contribution in [0.15, 0.2) is 28.9 Å². The molecule has 1 aromatic heterocycles. The molecule has 2 aromatic rings. The molecule has 2 aliphatic rings. The van der Waals surface area contributed by atoms with E-state index >= 15 is 0 Å². The molecule has 1 saturated heterocycles. The molecule has 1 unspecified atom stereocenters. The van der Waals surface area contributed by atoms with Crippen LogP contribution in [0.3, 0.4) is 0 Å². The molecular formula is C19H17BBrINO-. The van der Waals surface area contributed by atoms with Crippen LogP contribution in [0.1, 0.15) is 41.1 Å². The molecule has 1 N–H and O–H groups in total. The van der Waals surface area contributed by atoms with Crippen molar-refractivity contribution in [3.63, 3.8) is 0 Å². The molecule has 1 aromatic carbocycles. The van der Waals surface area contributed by atoms with Gasteiger partial charge in [-0.2, -0.15) is 0 Å². The van der Waals surface area contributed by atoms with E-state index in [2.05, 4.69) is 28.1 Å². The van der Waals surface area contributed by atoms with Gasteiger partial charge in [-0.1, -0.05) is 0 Å². The second kappa shape index (κ2) is 6.83. The molecule has 5 heteroatoms. The molecule has 0 saturated carbocycles. The van der Waals surface area contributed by atoms with E-state index < -0.39 is 0 Å². The number of pyridine rings is 1. The first-order valence-corrected chi connectivity index (χ1v) is 12.0. The average Bonchev–Trinajstić information content (AvgIpc) is 2.72. The van der Waals surface area contributed by atoms with Gasteiger partial charge in [-0.25, -0.2) is 0 Å². The third-order valence-electron chi connectivity index (χ3n) is 4.86. The summed E-state index contributed by atoms with van der Waals surface area (Å²) in [5.74, 6) is 1.15. The van der Waals surface area contributed by atoms with Crippen LogP contribution in [0.5, 0.6) is 5.75 Å². The summed E-state index contributed by atoms with van der Waals surface area (Å²) in [6, 6.07) is 5.67. The molecule has 1 atom stereocenters. The van der Waals surface area contributed by atoms with E-state index in [4.69, 9.17) is 12.8 Å². The van der Waals surface area contributed by atoms with Crippen LogP contribution < -0.4 is 26.7 Å². The van der Waals surface area contributed by atoms with E-state index in [-0.39, 0.29) is 11.7 Å². The first kappa shape index (κ1) is 16.6. The number of aromatic hydroxyl groups is 1. The summed E-state index contributed by atoms with van der Waals surface area (Å²) < 4.78 is 3.75. The van der Waals surface area contributed by atoms with E-state index in [1.807, 2.05) is 12.1 Å². The minimum absolute atomic E-state index is 0.255. The number of nitrogens with zero attached hydrogens (tertiary/aromatic N) is 1. The van der Waals surface area contributed by atoms with Gasteiger partial charge in [0, 0.05) is 0 Å². The molecule has 1 fully saturated rings. The zero-order chi connectivity index (χ0) is 16.7. The first-order valence-electron chi connectivity index (χ1n) is 8.13. The molecule has 1 aliphatic carbocycles. The Hall–Kier alpha value is -0.815. The van der Waals surface area contributed by atoms with Crippen molar-refractivity contribution >= 4 is 41.4 Å². The molecule has 122 valence electrons. The van der Waals surface area contributed by atoms with E-state index in [0.717, 1.165) is 21.3 Å². The van der Waals surface area contributed by atoms with Crippen molar-refractivity contribution in [1.82, 2.24) is 4.98 Å². The summed E-state index contributed by atoms with van der Waals surface area (Å²) in [6.45, 7) is 0. The normalized spacial score (nSPS) is 20.6. The Balaban J connectivity index is 1.94. The SMILES string of the molecule is [B]c1cnc2c(c1)C=Cc1cc(O)cc(Br)c1C2C1CC[I-]CC1. The molecule has 1 aliphatic heterocycles. The number of hydrogen-bond acceptors (Lipinski definition) is 2. The molecular weight excluding hydrogens is 476 g/mol. The Morgan fingerprint density at radius 2 is 1.88 bits per heavy atom. The predicted molar refractivity (Wildman–Crippen MR) is 98.7 cm³/mol. The van der Waals surface area contributed by atoms with Crippen LogP contribution in [0.2, 0.25) is 0 Å². The van der Waals surface area contributed by atoms with Gasteiger partial charge in [0.05, 0.1) is 0 Å². The average molecular weight is 493 g/mol. The molecule has 2 heterocycles. The van der Waals surface area contributed by atoms with Crippen molar-refractivity contribution in [1.29, 1.82) is 0 Å². The fourth-order valence-electron chi connectivity index (χ4n) is 3.77. The zero-order valence-corrected chi connectivity index (χ0v) is 16.9. The van der Waals surface area contributed by atoms with Crippen LogP contribution >= 0.6 is 15.9 Å². The Bertz CT molecular complexity index is 817. The standard InChI is InChI=1S/C19H17BBrINO/c20-14-7-13-2-1-12-8-15(24)9-16(21)17(12)18(19(13)23-10-14)11-3-5-22-6-4-11/h1-2,7-11,18,24H,3-6H2/q-1. The van der Waals surface area contributed by atoms with Crippen molar-refractivity contribution < 1.29 is 26.3 Å². The maximum atomic E-state index is 10.0. The Morgan fingerprint density at radius 1 is 1.12 bits per heavy atom. The Kier molecular flexibility index (Phi) is 4.74. The second-order valence-corrected chi connectivity index (χ2v) is 10.5. The van der Waals surface area contributed by atoms with Gasteiger partial charge in [-0.05, 0) is 0 Å². The number of rotatable bonds is 1. The summed E-state index contributed by atoms with van der Waals surface area (Å²) in [7, 11) is 5.97. The number of phenols is 1. The van der Waals surface area contributed by atoms with Crippen molar-refractivity contribution in [2.45, 2.75) is 18.8 Å². The van der Waals surface area contributed by atoms with E-state index in [1.165, 1.54) is 27.3 Å². The Morgan fingerprint density at radius 3 is 2.67 bits per heavy atom. The van der Waals surface area contributed by atoms with Crippen LogP contribution in [-0.2, 0) is 0 Å². The van der Waals surface area contributed by atoms with Crippen LogP contribution in [0, 0.1) is 5.92 Å². The number of hydrogen-bond donors (Lipinski definition) is 1. The maximum absolute atomic E-state index is 10.0. The van der Waals surface area contributed by atoms with Crippen molar-refractivity contribution in [3.05, 3.63) is 51.3 Å². The Labute approximate surface area is 162 Å². The van der Waals surface area contributed by atoms with E-state index in [1.54, 1.807) is 12.3 Å². The van der Waals surface area contributed by atoms with Gasteiger partial charge in [-0.3, -0.25) is 0 Å². The van der Waals surface area contributed by atoms with Gasteiger partial charge in [0.1, 0.15) is 0 Å². The third kappa shape index (κ3) is 3.05. The molecule has 0 bridgehead atoms. The van der Waals surface area contributed by atoms with Crippen molar-refractivity contribution in [2.24, 2.45) is 5.92 Å². The summed E-state index contributed by atoms with van der Waals surface area (Å²) in [5.41, 5.74) is 5.24. The van der Waals surface area contributed by atoms with Crippen LogP contribution in [0.4, 0.5) is 0 Å². The van der Waals surface area contributed by atoms with E-state index in [9.17, 15) is 5.11 Å². The second-order valence-electron chi connectivity index (χ2n) is 6.39. The number of benzene rings is 1. The first-order chi connectivity index (χ1) is 11.6. The van der Waals surface area contributed by atoms with Gasteiger partial charge in [0.2, 0.25) is 0 Å². The molecule has 4 rings (SSSR count). The van der Waals surface area contributed by atoms with E-state index in [0.29, 0.717) is 32.6 Å². The van der Waals surface area contributed by atoms with Gasteiger partial charge >= 0.3 is 163 Å². The molecule has 2 radical (unpaired) electrons. The van der Waals surface area contributed by atoms with Gasteiger partial charge in [0.15, 0.2) is 0 Å². The predicted octanol–water partition coefficient (Wildman–Crippen LogP) is 0.458. The fraction of sp³-hybridized carbons (Fsp3) is 0.316. The van der Waals surface area contributed by atoms with Gasteiger partial charge in [-0.15, -0.1) is 0 Å². The number of alkyl halides is 2. The fourth-order valence-corrected chi connectivity index (χ4v) is 7.51. The summed E-state index contributed by atoms with van der Waals surface area (Å²) in [4.78, 5) is 4.75. The number of phenolic OH excluding ortho intramolecular Hbond substituents is 1. The molecule has 2 nitrogen and oxygen atoms in total. The minimum atomic E-state index is 0.255. The topological polar surface area (TPSA) is 33.1 Å². The molecule has 0 spiro atoms. The number of fused-ring (bicyclic) bond motifs is 2. The quantitative estimate of drug-likeness (QED) is 0.356. The summed E-state index contributed by atoms with van der Waals surface area (Å²) in [6.07, 6.45) is 8.48. The zero-order valence-electron chi connectivity index (χ0n) is 13.2. The van der Waals surface area contributed by atoms with Crippen molar-refractivity contribution in [2.75, 3.05) is 8.86 Å². The third-order valence-corrected chi connectivity index (χ3v) is 8.29. The molecule has 24 heavy (non-hydrogen) atoms. The van der Waals surface area contributed by atoms with Crippen LogP contribution in [-0.4, -0.2) is 26.8 Å². The monoisotopic (exact) mass is 492 g/mol. The summed E-state index contributed by atoms with van der Waals surface area (Å²) >= 11 is 4.10. The van der Waals surface area contributed by atoms with Crippen molar-refractivity contribution in [3.8, 4) is 5.75 Å². The van der Waals surface area contributed by atoms with Crippen LogP contribution in [0.25, 0.3) is 12.2 Å². The number of aromatic nitrogens is 1. The van der Waals surface area contributed by atoms with Gasteiger partial charge in [0.25, 0.3) is 0 Å². The summed E-state index contributed by atoms with van der Waals surface area (Å²) in [5, 5.41) is 10.0. The molecule has 0 amide bonds.